The van der Waals surface area contributed by atoms with Crippen LogP contribution in [0.5, 0.6) is 0 Å². The SMILES string of the molecule is CC1=C(c2cccc3cccnc23)CCC1c1ccccc1. The third-order valence-electron chi connectivity index (χ3n) is 4.84. The number of benzene rings is 2. The van der Waals surface area contributed by atoms with Gasteiger partial charge in [0.1, 0.15) is 0 Å². The lowest BCUT2D eigenvalue weighted by Gasteiger charge is -2.13. The highest BCUT2D eigenvalue weighted by Crippen LogP contribution is 2.44. The van der Waals surface area contributed by atoms with Crippen LogP contribution in [0.25, 0.3) is 16.5 Å². The second-order valence-corrected chi connectivity index (χ2v) is 6.04. The van der Waals surface area contributed by atoms with Crippen molar-refractivity contribution in [3.8, 4) is 0 Å². The highest BCUT2D eigenvalue weighted by molar-refractivity contribution is 5.92. The van der Waals surface area contributed by atoms with E-state index in [2.05, 4.69) is 66.5 Å². The van der Waals surface area contributed by atoms with Gasteiger partial charge in [0.2, 0.25) is 0 Å². The number of hydrogen-bond donors (Lipinski definition) is 0. The Morgan fingerprint density at radius 2 is 1.73 bits per heavy atom. The van der Waals surface area contributed by atoms with E-state index >= 15 is 0 Å². The van der Waals surface area contributed by atoms with Crippen LogP contribution in [-0.2, 0) is 0 Å². The van der Waals surface area contributed by atoms with Gasteiger partial charge in [0.05, 0.1) is 5.52 Å². The third kappa shape index (κ3) is 2.14. The minimum absolute atomic E-state index is 0.551. The molecule has 1 nitrogen and oxygen atoms in total. The Morgan fingerprint density at radius 1 is 0.909 bits per heavy atom. The van der Waals surface area contributed by atoms with Gasteiger partial charge in [-0.15, -0.1) is 0 Å². The molecule has 0 saturated carbocycles. The van der Waals surface area contributed by atoms with Crippen molar-refractivity contribution in [3.63, 3.8) is 0 Å². The van der Waals surface area contributed by atoms with Crippen LogP contribution in [0.2, 0.25) is 0 Å². The second kappa shape index (κ2) is 5.42. The summed E-state index contributed by atoms with van der Waals surface area (Å²) in [6.45, 7) is 2.29. The molecular weight excluding hydrogens is 266 g/mol. The van der Waals surface area contributed by atoms with Gasteiger partial charge in [-0.3, -0.25) is 4.98 Å². The summed E-state index contributed by atoms with van der Waals surface area (Å²) in [7, 11) is 0. The predicted octanol–water partition coefficient (Wildman–Crippen LogP) is 5.59. The van der Waals surface area contributed by atoms with Gasteiger partial charge in [-0.1, -0.05) is 60.2 Å². The molecule has 0 bridgehead atoms. The predicted molar refractivity (Wildman–Crippen MR) is 92.8 cm³/mol. The summed E-state index contributed by atoms with van der Waals surface area (Å²) in [6, 6.07) is 21.5. The summed E-state index contributed by atoms with van der Waals surface area (Å²) in [5.41, 5.74) is 6.87. The molecule has 22 heavy (non-hydrogen) atoms. The van der Waals surface area contributed by atoms with E-state index in [4.69, 9.17) is 0 Å². The van der Waals surface area contributed by atoms with Crippen LogP contribution in [0, 0.1) is 0 Å². The molecule has 0 saturated heterocycles. The van der Waals surface area contributed by atoms with Gasteiger partial charge < -0.3 is 0 Å². The maximum Gasteiger partial charge on any atom is 0.0776 e. The lowest BCUT2D eigenvalue weighted by molar-refractivity contribution is 0.773. The molecular formula is C21H19N. The van der Waals surface area contributed by atoms with Crippen molar-refractivity contribution < 1.29 is 0 Å². The molecule has 0 radical (unpaired) electrons. The average molecular weight is 285 g/mol. The van der Waals surface area contributed by atoms with E-state index in [1.54, 1.807) is 0 Å². The van der Waals surface area contributed by atoms with E-state index in [-0.39, 0.29) is 0 Å². The van der Waals surface area contributed by atoms with E-state index in [0.29, 0.717) is 5.92 Å². The van der Waals surface area contributed by atoms with Gasteiger partial charge in [0.15, 0.2) is 0 Å². The molecule has 3 aromatic rings. The molecule has 1 aromatic heterocycles. The molecule has 0 amide bonds. The van der Waals surface area contributed by atoms with E-state index in [1.165, 1.54) is 34.1 Å². The Bertz CT molecular complexity index is 841. The Labute approximate surface area is 131 Å². The minimum atomic E-state index is 0.551. The highest BCUT2D eigenvalue weighted by atomic mass is 14.6. The number of nitrogens with zero attached hydrogens (tertiary/aromatic N) is 1. The van der Waals surface area contributed by atoms with Crippen LogP contribution < -0.4 is 0 Å². The van der Waals surface area contributed by atoms with Crippen LogP contribution in [-0.4, -0.2) is 4.98 Å². The van der Waals surface area contributed by atoms with Crippen molar-refractivity contribution in [2.45, 2.75) is 25.7 Å². The fourth-order valence-electron chi connectivity index (χ4n) is 3.71. The standard InChI is InChI=1S/C21H19N/c1-15-18(16-7-3-2-4-8-16)12-13-19(15)20-11-5-9-17-10-6-14-22-21(17)20/h2-11,14,18H,12-13H2,1H3. The molecule has 0 spiro atoms. The van der Waals surface area contributed by atoms with Gasteiger partial charge in [0, 0.05) is 23.1 Å². The Hall–Kier alpha value is -2.41. The van der Waals surface area contributed by atoms with Gasteiger partial charge in [-0.25, -0.2) is 0 Å². The average Bonchev–Trinajstić information content (AvgIpc) is 2.96. The molecule has 4 rings (SSSR count). The Balaban J connectivity index is 1.83. The number of hydrogen-bond acceptors (Lipinski definition) is 1. The van der Waals surface area contributed by atoms with Crippen molar-refractivity contribution >= 4 is 16.5 Å². The number of allylic oxidation sites excluding steroid dienone is 2. The minimum Gasteiger partial charge on any atom is -0.256 e. The maximum atomic E-state index is 4.62. The first kappa shape index (κ1) is 13.3. The fraction of sp³-hybridized carbons (Fsp3) is 0.190. The molecule has 1 unspecified atom stereocenters. The molecule has 0 N–H and O–H groups in total. The zero-order valence-corrected chi connectivity index (χ0v) is 12.8. The zero-order chi connectivity index (χ0) is 14.9. The molecule has 1 heterocycles. The first-order valence-electron chi connectivity index (χ1n) is 7.93. The van der Waals surface area contributed by atoms with E-state index in [9.17, 15) is 0 Å². The monoisotopic (exact) mass is 285 g/mol. The first-order valence-corrected chi connectivity index (χ1v) is 7.93. The van der Waals surface area contributed by atoms with Gasteiger partial charge in [-0.2, -0.15) is 0 Å². The van der Waals surface area contributed by atoms with Gasteiger partial charge in [0.25, 0.3) is 0 Å². The lowest BCUT2D eigenvalue weighted by Crippen LogP contribution is -1.95. The van der Waals surface area contributed by atoms with Crippen molar-refractivity contribution in [2.75, 3.05) is 0 Å². The molecule has 2 aromatic carbocycles. The summed E-state index contributed by atoms with van der Waals surface area (Å²) in [4.78, 5) is 4.62. The summed E-state index contributed by atoms with van der Waals surface area (Å²) in [6.07, 6.45) is 4.24. The second-order valence-electron chi connectivity index (χ2n) is 6.04. The quantitative estimate of drug-likeness (QED) is 0.598. The Morgan fingerprint density at radius 3 is 2.59 bits per heavy atom. The zero-order valence-electron chi connectivity index (χ0n) is 12.8. The van der Waals surface area contributed by atoms with Gasteiger partial charge in [-0.05, 0) is 37.0 Å². The molecule has 1 aliphatic rings. The number of fused-ring (bicyclic) bond motifs is 1. The molecule has 1 aliphatic carbocycles. The van der Waals surface area contributed by atoms with Crippen molar-refractivity contribution in [3.05, 3.63) is 83.6 Å². The van der Waals surface area contributed by atoms with E-state index < -0.39 is 0 Å². The van der Waals surface area contributed by atoms with Crippen molar-refractivity contribution in [1.82, 2.24) is 4.98 Å². The smallest absolute Gasteiger partial charge is 0.0776 e. The fourth-order valence-corrected chi connectivity index (χ4v) is 3.71. The number of rotatable bonds is 2. The van der Waals surface area contributed by atoms with Gasteiger partial charge >= 0.3 is 0 Å². The summed E-state index contributed by atoms with van der Waals surface area (Å²) in [5.74, 6) is 0.551. The molecule has 1 heteroatoms. The van der Waals surface area contributed by atoms with Crippen LogP contribution in [0.4, 0.5) is 0 Å². The van der Waals surface area contributed by atoms with E-state index in [1.807, 2.05) is 12.3 Å². The summed E-state index contributed by atoms with van der Waals surface area (Å²) in [5, 5.41) is 1.23. The van der Waals surface area contributed by atoms with Crippen LogP contribution in [0.1, 0.15) is 36.8 Å². The number of pyridine rings is 1. The highest BCUT2D eigenvalue weighted by Gasteiger charge is 2.25. The topological polar surface area (TPSA) is 12.9 Å². The first-order chi connectivity index (χ1) is 10.8. The maximum absolute atomic E-state index is 4.62. The third-order valence-corrected chi connectivity index (χ3v) is 4.84. The van der Waals surface area contributed by atoms with Crippen molar-refractivity contribution in [1.29, 1.82) is 0 Å². The number of para-hydroxylation sites is 1. The van der Waals surface area contributed by atoms with Crippen molar-refractivity contribution in [2.24, 2.45) is 0 Å². The van der Waals surface area contributed by atoms with Crippen LogP contribution in [0.15, 0.2) is 72.4 Å². The molecule has 0 aliphatic heterocycles. The largest absolute Gasteiger partial charge is 0.256 e. The summed E-state index contributed by atoms with van der Waals surface area (Å²) < 4.78 is 0. The summed E-state index contributed by atoms with van der Waals surface area (Å²) >= 11 is 0. The van der Waals surface area contributed by atoms with Crippen LogP contribution >= 0.6 is 0 Å². The van der Waals surface area contributed by atoms with E-state index in [0.717, 1.165) is 11.9 Å². The lowest BCUT2D eigenvalue weighted by atomic mass is 9.92. The number of aromatic nitrogens is 1. The molecule has 0 fully saturated rings. The Kier molecular flexibility index (Phi) is 3.27. The normalized spacial score (nSPS) is 18.1. The molecule has 108 valence electrons. The van der Waals surface area contributed by atoms with Crippen LogP contribution in [0.3, 0.4) is 0 Å². The molecule has 1 atom stereocenters.